The maximum Gasteiger partial charge on any atom is -0.0321 e. The SMILES string of the molecule is CCCC1(C)CC(C)CC(C(C)C)C1. The van der Waals surface area contributed by atoms with Crippen LogP contribution in [-0.4, -0.2) is 0 Å². The lowest BCUT2D eigenvalue weighted by Crippen LogP contribution is -2.32. The maximum atomic E-state index is 2.52. The average Bonchev–Trinajstić information content (AvgIpc) is 2.01. The maximum absolute atomic E-state index is 2.52. The van der Waals surface area contributed by atoms with Gasteiger partial charge in [0.1, 0.15) is 0 Å². The van der Waals surface area contributed by atoms with E-state index in [1.807, 2.05) is 0 Å². The third-order valence-electron chi connectivity index (χ3n) is 4.10. The van der Waals surface area contributed by atoms with Crippen LogP contribution in [0.25, 0.3) is 0 Å². The predicted molar refractivity (Wildman–Crippen MR) is 64.4 cm³/mol. The van der Waals surface area contributed by atoms with Crippen molar-refractivity contribution in [2.24, 2.45) is 23.2 Å². The van der Waals surface area contributed by atoms with Crippen molar-refractivity contribution in [3.8, 4) is 0 Å². The van der Waals surface area contributed by atoms with Gasteiger partial charge in [0.25, 0.3) is 0 Å². The molecule has 0 radical (unpaired) electrons. The van der Waals surface area contributed by atoms with Gasteiger partial charge < -0.3 is 0 Å². The summed E-state index contributed by atoms with van der Waals surface area (Å²) < 4.78 is 0. The smallest absolute Gasteiger partial charge is 0.0321 e. The van der Waals surface area contributed by atoms with Crippen molar-refractivity contribution in [2.75, 3.05) is 0 Å². The molecule has 0 aromatic heterocycles. The monoisotopic (exact) mass is 196 g/mol. The van der Waals surface area contributed by atoms with Crippen LogP contribution in [0.3, 0.4) is 0 Å². The van der Waals surface area contributed by atoms with E-state index < -0.39 is 0 Å². The molecule has 0 N–H and O–H groups in total. The Bertz CT molecular complexity index is 171. The first kappa shape index (κ1) is 12.1. The molecule has 0 bridgehead atoms. The highest BCUT2D eigenvalue weighted by atomic mass is 14.4. The van der Waals surface area contributed by atoms with E-state index >= 15 is 0 Å². The van der Waals surface area contributed by atoms with Crippen LogP contribution in [0.15, 0.2) is 0 Å². The van der Waals surface area contributed by atoms with Gasteiger partial charge >= 0.3 is 0 Å². The van der Waals surface area contributed by atoms with E-state index in [4.69, 9.17) is 0 Å². The molecule has 3 atom stereocenters. The highest BCUT2D eigenvalue weighted by molar-refractivity contribution is 4.86. The Labute approximate surface area is 90.5 Å². The molecule has 0 heteroatoms. The summed E-state index contributed by atoms with van der Waals surface area (Å²) >= 11 is 0. The topological polar surface area (TPSA) is 0 Å². The zero-order valence-corrected chi connectivity index (χ0v) is 10.8. The van der Waals surface area contributed by atoms with Crippen molar-refractivity contribution in [3.05, 3.63) is 0 Å². The third kappa shape index (κ3) is 3.00. The van der Waals surface area contributed by atoms with Gasteiger partial charge in [-0.15, -0.1) is 0 Å². The molecule has 1 aliphatic rings. The normalized spacial score (nSPS) is 39.0. The molecule has 1 aliphatic carbocycles. The fourth-order valence-electron chi connectivity index (χ4n) is 3.56. The van der Waals surface area contributed by atoms with Crippen LogP contribution >= 0.6 is 0 Å². The quantitative estimate of drug-likeness (QED) is 0.603. The Balaban J connectivity index is 2.61. The second kappa shape index (κ2) is 4.68. The Hall–Kier alpha value is 0. The van der Waals surface area contributed by atoms with E-state index in [1.165, 1.54) is 32.1 Å². The van der Waals surface area contributed by atoms with Crippen molar-refractivity contribution in [1.82, 2.24) is 0 Å². The van der Waals surface area contributed by atoms with Crippen LogP contribution in [0, 0.1) is 23.2 Å². The molecular formula is C14H28. The number of hydrogen-bond acceptors (Lipinski definition) is 0. The van der Waals surface area contributed by atoms with Gasteiger partial charge in [-0.05, 0) is 48.9 Å². The van der Waals surface area contributed by atoms with Crippen molar-refractivity contribution in [3.63, 3.8) is 0 Å². The fourth-order valence-corrected chi connectivity index (χ4v) is 3.56. The molecular weight excluding hydrogens is 168 g/mol. The van der Waals surface area contributed by atoms with E-state index in [-0.39, 0.29) is 0 Å². The number of rotatable bonds is 3. The van der Waals surface area contributed by atoms with E-state index in [0.717, 1.165) is 17.8 Å². The summed E-state index contributed by atoms with van der Waals surface area (Å²) in [7, 11) is 0. The Morgan fingerprint density at radius 3 is 2.43 bits per heavy atom. The standard InChI is InChI=1S/C14H28/c1-6-7-14(5)9-12(4)8-13(10-14)11(2)3/h11-13H,6-10H2,1-5H3. The van der Waals surface area contributed by atoms with E-state index in [2.05, 4.69) is 34.6 Å². The molecule has 0 spiro atoms. The fraction of sp³-hybridized carbons (Fsp3) is 1.00. The summed E-state index contributed by atoms with van der Waals surface area (Å²) in [5, 5.41) is 0. The van der Waals surface area contributed by atoms with Gasteiger partial charge in [-0.25, -0.2) is 0 Å². The molecule has 0 amide bonds. The highest BCUT2D eigenvalue weighted by Gasteiger charge is 2.35. The molecule has 0 aromatic rings. The van der Waals surface area contributed by atoms with E-state index in [0.29, 0.717) is 5.41 Å². The summed E-state index contributed by atoms with van der Waals surface area (Å²) in [4.78, 5) is 0. The molecule has 0 saturated heterocycles. The van der Waals surface area contributed by atoms with Gasteiger partial charge in [0.05, 0.1) is 0 Å². The van der Waals surface area contributed by atoms with Gasteiger partial charge in [0.15, 0.2) is 0 Å². The first-order valence-corrected chi connectivity index (χ1v) is 6.47. The lowest BCUT2D eigenvalue weighted by atomic mass is 9.63. The molecule has 14 heavy (non-hydrogen) atoms. The molecule has 84 valence electrons. The highest BCUT2D eigenvalue weighted by Crippen LogP contribution is 2.47. The summed E-state index contributed by atoms with van der Waals surface area (Å²) in [5.74, 6) is 2.82. The third-order valence-corrected chi connectivity index (χ3v) is 4.10. The van der Waals surface area contributed by atoms with Gasteiger partial charge in [0.2, 0.25) is 0 Å². The van der Waals surface area contributed by atoms with Gasteiger partial charge in [-0.3, -0.25) is 0 Å². The average molecular weight is 196 g/mol. The summed E-state index contributed by atoms with van der Waals surface area (Å²) in [6, 6.07) is 0. The molecule has 3 unspecified atom stereocenters. The molecule has 0 aromatic carbocycles. The molecule has 0 nitrogen and oxygen atoms in total. The minimum atomic E-state index is 0.654. The van der Waals surface area contributed by atoms with Crippen LogP contribution in [0.1, 0.15) is 66.7 Å². The summed E-state index contributed by atoms with van der Waals surface area (Å²) in [6.45, 7) is 12.1. The zero-order valence-electron chi connectivity index (χ0n) is 10.8. The minimum Gasteiger partial charge on any atom is -0.0654 e. The first-order chi connectivity index (χ1) is 6.47. The minimum absolute atomic E-state index is 0.654. The Morgan fingerprint density at radius 2 is 1.93 bits per heavy atom. The van der Waals surface area contributed by atoms with Gasteiger partial charge in [-0.1, -0.05) is 41.0 Å². The van der Waals surface area contributed by atoms with Crippen LogP contribution < -0.4 is 0 Å². The second-order valence-electron chi connectivity index (χ2n) is 6.31. The van der Waals surface area contributed by atoms with Crippen molar-refractivity contribution in [1.29, 1.82) is 0 Å². The van der Waals surface area contributed by atoms with E-state index in [1.54, 1.807) is 0 Å². The van der Waals surface area contributed by atoms with Crippen LogP contribution in [0.5, 0.6) is 0 Å². The zero-order chi connectivity index (χ0) is 10.8. The van der Waals surface area contributed by atoms with E-state index in [9.17, 15) is 0 Å². The lowest BCUT2D eigenvalue weighted by molar-refractivity contribution is 0.0812. The Kier molecular flexibility index (Phi) is 4.04. The van der Waals surface area contributed by atoms with Crippen molar-refractivity contribution < 1.29 is 0 Å². The predicted octanol–water partition coefficient (Wildman–Crippen LogP) is 4.89. The second-order valence-corrected chi connectivity index (χ2v) is 6.31. The van der Waals surface area contributed by atoms with Crippen molar-refractivity contribution >= 4 is 0 Å². The number of hydrogen-bond donors (Lipinski definition) is 0. The van der Waals surface area contributed by atoms with Crippen LogP contribution in [0.4, 0.5) is 0 Å². The molecule has 0 aliphatic heterocycles. The molecule has 0 heterocycles. The summed E-state index contributed by atoms with van der Waals surface area (Å²) in [5.41, 5.74) is 0.654. The first-order valence-electron chi connectivity index (χ1n) is 6.47. The summed E-state index contributed by atoms with van der Waals surface area (Å²) in [6.07, 6.45) is 7.19. The van der Waals surface area contributed by atoms with Gasteiger partial charge in [-0.2, -0.15) is 0 Å². The largest absolute Gasteiger partial charge is 0.0654 e. The molecule has 1 rings (SSSR count). The van der Waals surface area contributed by atoms with Crippen LogP contribution in [-0.2, 0) is 0 Å². The molecule has 1 saturated carbocycles. The lowest BCUT2D eigenvalue weighted by Gasteiger charge is -2.43. The Morgan fingerprint density at radius 1 is 1.29 bits per heavy atom. The van der Waals surface area contributed by atoms with Crippen LogP contribution in [0.2, 0.25) is 0 Å². The van der Waals surface area contributed by atoms with Gasteiger partial charge in [0, 0.05) is 0 Å². The van der Waals surface area contributed by atoms with Crippen molar-refractivity contribution in [2.45, 2.75) is 66.7 Å². The molecule has 1 fully saturated rings.